The topological polar surface area (TPSA) is 125 Å². The van der Waals surface area contributed by atoms with E-state index in [4.69, 9.17) is 5.11 Å². The molecule has 1 aromatic heterocycles. The van der Waals surface area contributed by atoms with Gasteiger partial charge in [-0.15, -0.1) is 0 Å². The number of nitrogens with zero attached hydrogens (tertiary/aromatic N) is 1. The van der Waals surface area contributed by atoms with Crippen LogP contribution in [0.3, 0.4) is 0 Å². The highest BCUT2D eigenvalue weighted by molar-refractivity contribution is 5.93. The second kappa shape index (κ2) is 6.38. The summed E-state index contributed by atoms with van der Waals surface area (Å²) in [5, 5.41) is 22.0. The Balaban J connectivity index is 2.78. The van der Waals surface area contributed by atoms with E-state index >= 15 is 0 Å². The van der Waals surface area contributed by atoms with Gasteiger partial charge < -0.3 is 20.5 Å². The Morgan fingerprint density at radius 3 is 2.48 bits per heavy atom. The van der Waals surface area contributed by atoms with Crippen LogP contribution in [0.2, 0.25) is 0 Å². The van der Waals surface area contributed by atoms with Crippen LogP contribution in [-0.2, 0) is 4.79 Å². The van der Waals surface area contributed by atoms with Gasteiger partial charge in [0.1, 0.15) is 0 Å². The number of nitro groups is 1. The minimum Gasteiger partial charge on any atom is -0.481 e. The van der Waals surface area contributed by atoms with Crippen LogP contribution in [0, 0.1) is 15.5 Å². The van der Waals surface area contributed by atoms with Gasteiger partial charge in [-0.3, -0.25) is 9.59 Å². The molecule has 116 valence electrons. The molecule has 0 fully saturated rings. The molecule has 0 aliphatic rings. The van der Waals surface area contributed by atoms with E-state index < -0.39 is 22.8 Å². The van der Waals surface area contributed by atoms with Crippen molar-refractivity contribution in [2.45, 2.75) is 39.7 Å². The molecule has 0 radical (unpaired) electrons. The molecular weight excluding hydrogens is 278 g/mol. The van der Waals surface area contributed by atoms with Crippen molar-refractivity contribution < 1.29 is 19.6 Å². The van der Waals surface area contributed by atoms with Crippen molar-refractivity contribution in [3.05, 3.63) is 27.9 Å². The third-order valence-corrected chi connectivity index (χ3v) is 2.73. The third-order valence-electron chi connectivity index (χ3n) is 2.73. The monoisotopic (exact) mass is 297 g/mol. The van der Waals surface area contributed by atoms with Crippen molar-refractivity contribution in [2.24, 2.45) is 5.41 Å². The molecule has 1 aromatic rings. The number of aliphatic carboxylic acids is 1. The number of amides is 1. The molecule has 0 saturated carbocycles. The predicted octanol–water partition coefficient (Wildman–Crippen LogP) is 1.93. The number of carbonyl (C=O) groups is 2. The maximum atomic E-state index is 12.0. The van der Waals surface area contributed by atoms with Gasteiger partial charge in [-0.05, 0) is 22.8 Å². The molecule has 0 aliphatic heterocycles. The van der Waals surface area contributed by atoms with Crippen molar-refractivity contribution in [3.63, 3.8) is 0 Å². The molecule has 0 bridgehead atoms. The molecule has 1 unspecified atom stereocenters. The summed E-state index contributed by atoms with van der Waals surface area (Å²) in [5.74, 6) is -1.86. The number of rotatable bonds is 6. The van der Waals surface area contributed by atoms with Gasteiger partial charge in [0.15, 0.2) is 5.69 Å². The lowest BCUT2D eigenvalue weighted by Crippen LogP contribution is -2.39. The van der Waals surface area contributed by atoms with Crippen LogP contribution in [0.25, 0.3) is 0 Å². The fourth-order valence-electron chi connectivity index (χ4n) is 2.01. The average Bonchev–Trinajstić information content (AvgIpc) is 2.74. The molecule has 0 aliphatic carbocycles. The summed E-state index contributed by atoms with van der Waals surface area (Å²) < 4.78 is 0. The smallest absolute Gasteiger partial charge is 0.321 e. The normalized spacial score (nSPS) is 12.7. The number of nitrogens with one attached hydrogen (secondary N) is 2. The summed E-state index contributed by atoms with van der Waals surface area (Å²) in [5.41, 5.74) is -0.124. The molecule has 0 spiro atoms. The molecule has 1 rings (SSSR count). The van der Waals surface area contributed by atoms with E-state index in [1.165, 1.54) is 12.1 Å². The molecule has 8 heteroatoms. The van der Waals surface area contributed by atoms with Crippen LogP contribution < -0.4 is 5.32 Å². The summed E-state index contributed by atoms with van der Waals surface area (Å²) in [4.78, 5) is 35.2. The van der Waals surface area contributed by atoms with E-state index in [0.29, 0.717) is 6.42 Å². The number of hydrogen-bond acceptors (Lipinski definition) is 4. The van der Waals surface area contributed by atoms with E-state index in [2.05, 4.69) is 10.3 Å². The molecule has 1 atom stereocenters. The zero-order valence-corrected chi connectivity index (χ0v) is 12.2. The van der Waals surface area contributed by atoms with Gasteiger partial charge in [0, 0.05) is 12.1 Å². The van der Waals surface area contributed by atoms with E-state index in [-0.39, 0.29) is 23.3 Å². The second-order valence-corrected chi connectivity index (χ2v) is 6.05. The minimum atomic E-state index is -1.01. The standard InChI is InChI=1S/C13H19N3O5/c1-13(2,3)7-8(6-11(17)18)14-12(19)9-4-5-10(15-9)16(20)21/h4-5,8,15H,6-7H2,1-3H3,(H,14,19)(H,17,18). The van der Waals surface area contributed by atoms with Crippen LogP contribution in [-0.4, -0.2) is 32.9 Å². The van der Waals surface area contributed by atoms with Gasteiger partial charge in [0.25, 0.3) is 5.91 Å². The summed E-state index contributed by atoms with van der Waals surface area (Å²) in [6.45, 7) is 5.81. The highest BCUT2D eigenvalue weighted by atomic mass is 16.6. The van der Waals surface area contributed by atoms with Crippen molar-refractivity contribution in [1.29, 1.82) is 0 Å². The molecule has 0 aromatic carbocycles. The van der Waals surface area contributed by atoms with E-state index in [1.54, 1.807) is 0 Å². The summed E-state index contributed by atoms with van der Waals surface area (Å²) in [6.07, 6.45) is 0.277. The minimum absolute atomic E-state index is 0.0333. The average molecular weight is 297 g/mol. The van der Waals surface area contributed by atoms with Crippen LogP contribution in [0.5, 0.6) is 0 Å². The molecule has 1 heterocycles. The first-order valence-electron chi connectivity index (χ1n) is 6.44. The van der Waals surface area contributed by atoms with Crippen molar-refractivity contribution in [3.8, 4) is 0 Å². The Labute approximate surface area is 121 Å². The number of carboxylic acid groups (broad SMARTS) is 1. The van der Waals surface area contributed by atoms with E-state index in [1.807, 2.05) is 20.8 Å². The Hall–Kier alpha value is -2.38. The first-order chi connectivity index (χ1) is 9.58. The summed E-state index contributed by atoms with van der Waals surface area (Å²) in [7, 11) is 0. The summed E-state index contributed by atoms with van der Waals surface area (Å²) >= 11 is 0. The van der Waals surface area contributed by atoms with Crippen molar-refractivity contribution in [2.75, 3.05) is 0 Å². The number of carboxylic acids is 1. The van der Waals surface area contributed by atoms with Gasteiger partial charge in [0.05, 0.1) is 6.42 Å². The lowest BCUT2D eigenvalue weighted by atomic mass is 9.87. The molecule has 8 nitrogen and oxygen atoms in total. The van der Waals surface area contributed by atoms with Gasteiger partial charge in [-0.25, -0.2) is 4.98 Å². The highest BCUT2D eigenvalue weighted by Crippen LogP contribution is 2.22. The van der Waals surface area contributed by atoms with Crippen molar-refractivity contribution in [1.82, 2.24) is 10.3 Å². The predicted molar refractivity (Wildman–Crippen MR) is 75.0 cm³/mol. The summed E-state index contributed by atoms with van der Waals surface area (Å²) in [6, 6.07) is 1.94. The molecule has 21 heavy (non-hydrogen) atoms. The molecule has 1 amide bonds. The number of aromatic nitrogens is 1. The zero-order chi connectivity index (χ0) is 16.2. The first-order valence-corrected chi connectivity index (χ1v) is 6.44. The van der Waals surface area contributed by atoms with Crippen LogP contribution in [0.4, 0.5) is 5.82 Å². The lowest BCUT2D eigenvalue weighted by molar-refractivity contribution is -0.389. The number of H-pyrrole nitrogens is 1. The maximum Gasteiger partial charge on any atom is 0.321 e. The van der Waals surface area contributed by atoms with Crippen LogP contribution >= 0.6 is 0 Å². The highest BCUT2D eigenvalue weighted by Gasteiger charge is 2.25. The van der Waals surface area contributed by atoms with E-state index in [9.17, 15) is 19.7 Å². The Kier molecular flexibility index (Phi) is 5.07. The Morgan fingerprint density at radius 2 is 2.05 bits per heavy atom. The van der Waals surface area contributed by atoms with Gasteiger partial charge in [-0.2, -0.15) is 0 Å². The Morgan fingerprint density at radius 1 is 1.43 bits per heavy atom. The van der Waals surface area contributed by atoms with Crippen LogP contribution in [0.1, 0.15) is 44.1 Å². The quantitative estimate of drug-likeness (QED) is 0.546. The Bertz CT molecular complexity index is 544. The van der Waals surface area contributed by atoms with Crippen molar-refractivity contribution >= 4 is 17.7 Å². The number of hydrogen-bond donors (Lipinski definition) is 3. The lowest BCUT2D eigenvalue weighted by Gasteiger charge is -2.25. The van der Waals surface area contributed by atoms with Gasteiger partial charge >= 0.3 is 11.8 Å². The zero-order valence-electron chi connectivity index (χ0n) is 12.2. The van der Waals surface area contributed by atoms with Gasteiger partial charge in [0.2, 0.25) is 0 Å². The fourth-order valence-corrected chi connectivity index (χ4v) is 2.01. The number of aromatic amines is 1. The largest absolute Gasteiger partial charge is 0.481 e. The third kappa shape index (κ3) is 5.64. The fraction of sp³-hybridized carbons (Fsp3) is 0.538. The maximum absolute atomic E-state index is 12.0. The van der Waals surface area contributed by atoms with Gasteiger partial charge in [-0.1, -0.05) is 20.8 Å². The molecular formula is C13H19N3O5. The molecule has 3 N–H and O–H groups in total. The van der Waals surface area contributed by atoms with E-state index in [0.717, 1.165) is 0 Å². The number of carbonyl (C=O) groups excluding carboxylic acids is 1. The SMILES string of the molecule is CC(C)(C)CC(CC(=O)O)NC(=O)c1ccc([N+](=O)[O-])[nH]1. The first kappa shape index (κ1) is 16.7. The van der Waals surface area contributed by atoms with Crippen LogP contribution in [0.15, 0.2) is 12.1 Å². The molecule has 0 saturated heterocycles. The second-order valence-electron chi connectivity index (χ2n) is 6.05.